The van der Waals surface area contributed by atoms with Crippen molar-refractivity contribution in [3.63, 3.8) is 0 Å². The van der Waals surface area contributed by atoms with Crippen molar-refractivity contribution in [1.29, 1.82) is 0 Å². The van der Waals surface area contributed by atoms with Crippen LogP contribution in [0.25, 0.3) is 0 Å². The predicted molar refractivity (Wildman–Crippen MR) is 118 cm³/mol. The van der Waals surface area contributed by atoms with Gasteiger partial charge in [0.2, 0.25) is 0 Å². The molecule has 0 aromatic heterocycles. The van der Waals surface area contributed by atoms with Crippen molar-refractivity contribution in [3.05, 3.63) is 107 Å². The highest BCUT2D eigenvalue weighted by atomic mass is 19.1. The molecule has 1 aliphatic rings. The van der Waals surface area contributed by atoms with E-state index in [2.05, 4.69) is 0 Å². The van der Waals surface area contributed by atoms with Crippen molar-refractivity contribution in [2.24, 2.45) is 11.8 Å². The average molecular weight is 430 g/mol. The van der Waals surface area contributed by atoms with Crippen LogP contribution in [0.5, 0.6) is 0 Å². The molecule has 32 heavy (non-hydrogen) atoms. The Balaban J connectivity index is 1.89. The molecule has 162 valence electrons. The van der Waals surface area contributed by atoms with Gasteiger partial charge in [0.1, 0.15) is 11.6 Å². The number of carbonyl (C=O) groups excluding carboxylic acids is 3. The minimum absolute atomic E-state index is 0.322. The lowest BCUT2D eigenvalue weighted by molar-refractivity contribution is -0.134. The number of hydrogen-bond donors (Lipinski definition) is 1. The molecule has 4 atom stereocenters. The molecule has 3 aromatic rings. The van der Waals surface area contributed by atoms with E-state index in [1.54, 1.807) is 60.7 Å². The number of carbonyl (C=O) groups is 3. The minimum Gasteiger partial charge on any atom is -0.389 e. The van der Waals surface area contributed by atoms with Crippen LogP contribution < -0.4 is 0 Å². The van der Waals surface area contributed by atoms with E-state index in [-0.39, 0.29) is 12.2 Å². The Morgan fingerprint density at radius 2 is 1.34 bits per heavy atom. The smallest absolute Gasteiger partial charge is 0.173 e. The molecule has 0 saturated heterocycles. The Morgan fingerprint density at radius 3 is 1.88 bits per heavy atom. The normalized spacial score (nSPS) is 25.3. The van der Waals surface area contributed by atoms with Crippen LogP contribution >= 0.6 is 0 Å². The lowest BCUT2D eigenvalue weighted by Gasteiger charge is -2.45. The Bertz CT molecular complexity index is 1140. The van der Waals surface area contributed by atoms with E-state index in [1.165, 1.54) is 31.2 Å². The summed E-state index contributed by atoms with van der Waals surface area (Å²) in [4.78, 5) is 40.3. The molecule has 3 aromatic carbocycles. The standard InChI is InChI=1S/C27H23FO4/c1-27(32)16-21(29)23(25(30)18-8-4-2-5-9-18)22(17-12-14-20(28)15-13-17)24(27)26(31)19-10-6-3-7-11-19/h2-15,22-24,32H,16H2,1H3/t22-,23-,24-,27-/m1/s1. The average Bonchev–Trinajstić information content (AvgIpc) is 2.79. The third kappa shape index (κ3) is 4.04. The fraction of sp³-hybridized carbons (Fsp3) is 0.222. The van der Waals surface area contributed by atoms with Crippen LogP contribution in [0.4, 0.5) is 4.39 Å². The molecular formula is C27H23FO4. The SMILES string of the molecule is C[C@@]1(O)CC(=O)[C@@H](C(=O)c2ccccc2)[C@@H](c2ccc(F)cc2)[C@@H]1C(=O)c1ccccc1. The molecule has 0 radical (unpaired) electrons. The maximum Gasteiger partial charge on any atom is 0.173 e. The second kappa shape index (κ2) is 8.60. The molecule has 0 aliphatic heterocycles. The first-order valence-corrected chi connectivity index (χ1v) is 10.5. The second-order valence-electron chi connectivity index (χ2n) is 8.49. The molecule has 1 aliphatic carbocycles. The van der Waals surface area contributed by atoms with Crippen LogP contribution in [0.1, 0.15) is 45.5 Å². The Kier molecular flexibility index (Phi) is 5.85. The van der Waals surface area contributed by atoms with E-state index < -0.39 is 40.7 Å². The second-order valence-corrected chi connectivity index (χ2v) is 8.49. The molecule has 4 rings (SSSR count). The molecule has 0 spiro atoms. The monoisotopic (exact) mass is 430 g/mol. The number of halogens is 1. The van der Waals surface area contributed by atoms with Gasteiger partial charge in [-0.05, 0) is 24.6 Å². The molecule has 1 saturated carbocycles. The summed E-state index contributed by atoms with van der Waals surface area (Å²) < 4.78 is 13.7. The van der Waals surface area contributed by atoms with Gasteiger partial charge in [0.25, 0.3) is 0 Å². The van der Waals surface area contributed by atoms with Crippen LogP contribution in [0.3, 0.4) is 0 Å². The number of benzene rings is 3. The van der Waals surface area contributed by atoms with Gasteiger partial charge in [-0.3, -0.25) is 14.4 Å². The van der Waals surface area contributed by atoms with Gasteiger partial charge in [-0.15, -0.1) is 0 Å². The van der Waals surface area contributed by atoms with Crippen molar-refractivity contribution in [2.75, 3.05) is 0 Å². The first-order valence-electron chi connectivity index (χ1n) is 10.5. The van der Waals surface area contributed by atoms with Crippen molar-refractivity contribution >= 4 is 17.3 Å². The number of rotatable bonds is 5. The van der Waals surface area contributed by atoms with E-state index >= 15 is 0 Å². The molecule has 0 heterocycles. The van der Waals surface area contributed by atoms with E-state index in [4.69, 9.17) is 0 Å². The summed E-state index contributed by atoms with van der Waals surface area (Å²) in [6.45, 7) is 1.45. The maximum atomic E-state index is 13.7. The van der Waals surface area contributed by atoms with E-state index in [9.17, 15) is 23.9 Å². The molecule has 0 amide bonds. The molecule has 0 bridgehead atoms. The highest BCUT2D eigenvalue weighted by molar-refractivity contribution is 6.13. The van der Waals surface area contributed by atoms with Crippen molar-refractivity contribution in [2.45, 2.75) is 24.9 Å². The molecular weight excluding hydrogens is 407 g/mol. The fourth-order valence-electron chi connectivity index (χ4n) is 4.74. The molecule has 4 nitrogen and oxygen atoms in total. The summed E-state index contributed by atoms with van der Waals surface area (Å²) in [5, 5.41) is 11.3. The number of aliphatic hydroxyl groups is 1. The molecule has 0 unspecified atom stereocenters. The van der Waals surface area contributed by atoms with Gasteiger partial charge in [-0.1, -0.05) is 72.8 Å². The summed E-state index contributed by atoms with van der Waals surface area (Å²) in [6, 6.07) is 22.3. The van der Waals surface area contributed by atoms with Crippen molar-refractivity contribution < 1.29 is 23.9 Å². The maximum absolute atomic E-state index is 13.7. The Morgan fingerprint density at radius 1 is 0.844 bits per heavy atom. The molecule has 1 N–H and O–H groups in total. The van der Waals surface area contributed by atoms with Gasteiger partial charge in [-0.25, -0.2) is 4.39 Å². The quantitative estimate of drug-likeness (QED) is 0.473. The Labute approximate surface area is 185 Å². The van der Waals surface area contributed by atoms with Gasteiger partial charge in [0.15, 0.2) is 11.6 Å². The topological polar surface area (TPSA) is 71.4 Å². The zero-order valence-electron chi connectivity index (χ0n) is 17.6. The van der Waals surface area contributed by atoms with Gasteiger partial charge in [-0.2, -0.15) is 0 Å². The molecule has 1 fully saturated rings. The lowest BCUT2D eigenvalue weighted by atomic mass is 9.58. The van der Waals surface area contributed by atoms with Gasteiger partial charge in [0.05, 0.1) is 17.4 Å². The Hall–Kier alpha value is -3.44. The number of Topliss-reactive ketones (excluding diaryl/α,β-unsaturated/α-hetero) is 3. The highest BCUT2D eigenvalue weighted by Gasteiger charge is 2.55. The van der Waals surface area contributed by atoms with Gasteiger partial charge in [0, 0.05) is 23.5 Å². The minimum atomic E-state index is -1.67. The van der Waals surface area contributed by atoms with E-state index in [1.807, 2.05) is 0 Å². The van der Waals surface area contributed by atoms with Crippen LogP contribution in [0.2, 0.25) is 0 Å². The third-order valence-corrected chi connectivity index (χ3v) is 6.20. The summed E-state index contributed by atoms with van der Waals surface area (Å²) in [7, 11) is 0. The first-order chi connectivity index (χ1) is 15.3. The lowest BCUT2D eigenvalue weighted by Crippen LogP contribution is -2.54. The van der Waals surface area contributed by atoms with Crippen molar-refractivity contribution in [3.8, 4) is 0 Å². The number of ketones is 3. The molecule has 5 heteroatoms. The largest absolute Gasteiger partial charge is 0.389 e. The summed E-state index contributed by atoms with van der Waals surface area (Å²) in [5.74, 6) is -4.84. The van der Waals surface area contributed by atoms with Crippen LogP contribution in [0, 0.1) is 17.7 Å². The fourth-order valence-corrected chi connectivity index (χ4v) is 4.74. The summed E-state index contributed by atoms with van der Waals surface area (Å²) in [5.41, 5.74) is -0.477. The van der Waals surface area contributed by atoms with Crippen molar-refractivity contribution in [1.82, 2.24) is 0 Å². The van der Waals surface area contributed by atoms with E-state index in [0.29, 0.717) is 16.7 Å². The number of hydrogen-bond acceptors (Lipinski definition) is 4. The van der Waals surface area contributed by atoms with Crippen LogP contribution in [-0.2, 0) is 4.79 Å². The zero-order valence-corrected chi connectivity index (χ0v) is 17.6. The highest BCUT2D eigenvalue weighted by Crippen LogP contribution is 2.48. The summed E-state index contributed by atoms with van der Waals surface area (Å²) >= 11 is 0. The predicted octanol–water partition coefficient (Wildman–Crippen LogP) is 4.63. The first kappa shape index (κ1) is 21.8. The van der Waals surface area contributed by atoms with Crippen LogP contribution in [0.15, 0.2) is 84.9 Å². The van der Waals surface area contributed by atoms with Gasteiger partial charge < -0.3 is 5.11 Å². The van der Waals surface area contributed by atoms with E-state index in [0.717, 1.165) is 0 Å². The van der Waals surface area contributed by atoms with Crippen LogP contribution in [-0.4, -0.2) is 28.1 Å². The van der Waals surface area contributed by atoms with Gasteiger partial charge >= 0.3 is 0 Å². The zero-order chi connectivity index (χ0) is 22.9. The summed E-state index contributed by atoms with van der Waals surface area (Å²) in [6.07, 6.45) is -0.322. The third-order valence-electron chi connectivity index (χ3n) is 6.20.